The monoisotopic (exact) mass is 521 g/mol. The summed E-state index contributed by atoms with van der Waals surface area (Å²) in [5.74, 6) is 0.297. The molecule has 3 aliphatic heterocycles. The maximum atomic E-state index is 13.1. The highest BCUT2D eigenvalue weighted by Gasteiger charge is 2.27. The summed E-state index contributed by atoms with van der Waals surface area (Å²) in [5, 5.41) is 16.0. The van der Waals surface area contributed by atoms with Gasteiger partial charge in [0, 0.05) is 44.1 Å². The molecule has 5 rings (SSSR count). The van der Waals surface area contributed by atoms with Crippen LogP contribution in [0.4, 0.5) is 11.5 Å². The van der Waals surface area contributed by atoms with Crippen molar-refractivity contribution >= 4 is 23.4 Å². The third-order valence-corrected chi connectivity index (χ3v) is 7.97. The number of nitrogens with one attached hydrogen (secondary N) is 2. The molecule has 4 heterocycles. The number of aryl methyl sites for hydroxylation is 2. The number of morpholine rings is 1. The second kappa shape index (κ2) is 12.6. The second-order valence-electron chi connectivity index (χ2n) is 10.6. The molecule has 2 aromatic rings. The number of aromatic nitrogens is 1. The zero-order valence-corrected chi connectivity index (χ0v) is 22.0. The third kappa shape index (κ3) is 6.63. The highest BCUT2D eigenvalue weighted by atomic mass is 16.5. The van der Waals surface area contributed by atoms with E-state index < -0.39 is 12.0 Å². The Hall–Kier alpha value is -3.17. The minimum atomic E-state index is -0.995. The van der Waals surface area contributed by atoms with Crippen molar-refractivity contribution in [3.05, 3.63) is 53.2 Å². The molecule has 3 aliphatic rings. The predicted molar refractivity (Wildman–Crippen MR) is 147 cm³/mol. The van der Waals surface area contributed by atoms with Crippen LogP contribution >= 0.6 is 0 Å². The Labute approximate surface area is 224 Å². The number of amides is 1. The fourth-order valence-corrected chi connectivity index (χ4v) is 5.76. The van der Waals surface area contributed by atoms with Crippen molar-refractivity contribution in [1.82, 2.24) is 15.2 Å². The fourth-order valence-electron chi connectivity index (χ4n) is 5.76. The van der Waals surface area contributed by atoms with E-state index in [0.717, 1.165) is 62.5 Å². The lowest BCUT2D eigenvalue weighted by Crippen LogP contribution is -2.44. The summed E-state index contributed by atoms with van der Waals surface area (Å²) in [7, 11) is 0. The number of hydrogen-bond acceptors (Lipinski definition) is 7. The largest absolute Gasteiger partial charge is 0.480 e. The van der Waals surface area contributed by atoms with Crippen molar-refractivity contribution in [2.75, 3.05) is 62.7 Å². The number of carbonyl (C=O) groups excluding carboxylic acids is 1. The minimum absolute atomic E-state index is 0.342. The normalized spacial score (nSPS) is 20.4. The SMILES string of the molecule is O=C(NC(CCN1CC[C@H](CCc2ccc3c(n2)NCCC3)C1)C(=O)O)c1ccccc1N1CCOCC1. The van der Waals surface area contributed by atoms with Crippen molar-refractivity contribution < 1.29 is 19.4 Å². The molecule has 9 heteroatoms. The van der Waals surface area contributed by atoms with Crippen LogP contribution in [0.25, 0.3) is 0 Å². The summed E-state index contributed by atoms with van der Waals surface area (Å²) in [6, 6.07) is 10.8. The first-order valence-corrected chi connectivity index (χ1v) is 14.0. The van der Waals surface area contributed by atoms with E-state index in [4.69, 9.17) is 9.72 Å². The van der Waals surface area contributed by atoms with Crippen LogP contribution in [0.15, 0.2) is 36.4 Å². The summed E-state index contributed by atoms with van der Waals surface area (Å²) < 4.78 is 5.43. The van der Waals surface area contributed by atoms with E-state index in [9.17, 15) is 14.7 Å². The number of carbonyl (C=O) groups is 2. The first kappa shape index (κ1) is 26.4. The lowest BCUT2D eigenvalue weighted by molar-refractivity contribution is -0.139. The van der Waals surface area contributed by atoms with E-state index in [2.05, 4.69) is 32.6 Å². The van der Waals surface area contributed by atoms with Gasteiger partial charge in [-0.2, -0.15) is 0 Å². The third-order valence-electron chi connectivity index (χ3n) is 7.97. The fraction of sp³-hybridized carbons (Fsp3) is 0.552. The van der Waals surface area contributed by atoms with Crippen LogP contribution in [0.3, 0.4) is 0 Å². The van der Waals surface area contributed by atoms with E-state index in [-0.39, 0.29) is 5.91 Å². The number of aliphatic carboxylic acids is 1. The number of rotatable bonds is 10. The zero-order valence-electron chi connectivity index (χ0n) is 22.0. The van der Waals surface area contributed by atoms with Gasteiger partial charge in [-0.25, -0.2) is 9.78 Å². The van der Waals surface area contributed by atoms with Crippen molar-refractivity contribution in [2.45, 2.75) is 44.6 Å². The number of likely N-dealkylation sites (tertiary alicyclic amines) is 1. The molecule has 1 aromatic carbocycles. The number of pyridine rings is 1. The number of carboxylic acids is 1. The molecule has 2 saturated heterocycles. The molecule has 0 aliphatic carbocycles. The van der Waals surface area contributed by atoms with Gasteiger partial charge < -0.3 is 30.3 Å². The van der Waals surface area contributed by atoms with Crippen LogP contribution in [0, 0.1) is 5.92 Å². The predicted octanol–water partition coefficient (Wildman–Crippen LogP) is 2.80. The molecule has 1 unspecified atom stereocenters. The Balaban J connectivity index is 1.10. The van der Waals surface area contributed by atoms with Crippen LogP contribution in [0.5, 0.6) is 0 Å². The smallest absolute Gasteiger partial charge is 0.326 e. The molecule has 0 saturated carbocycles. The lowest BCUT2D eigenvalue weighted by Gasteiger charge is -2.30. The Bertz CT molecular complexity index is 1120. The summed E-state index contributed by atoms with van der Waals surface area (Å²) in [5.41, 5.74) is 3.79. The summed E-state index contributed by atoms with van der Waals surface area (Å²) in [6.45, 7) is 6.23. The summed E-state index contributed by atoms with van der Waals surface area (Å²) in [4.78, 5) is 34.4. The van der Waals surface area contributed by atoms with Gasteiger partial charge in [0.1, 0.15) is 11.9 Å². The molecule has 204 valence electrons. The van der Waals surface area contributed by atoms with Gasteiger partial charge in [-0.05, 0) is 74.8 Å². The molecular formula is C29H39N5O4. The molecule has 9 nitrogen and oxygen atoms in total. The van der Waals surface area contributed by atoms with Crippen LogP contribution in [0.2, 0.25) is 0 Å². The average Bonchev–Trinajstić information content (AvgIpc) is 3.42. The van der Waals surface area contributed by atoms with Gasteiger partial charge in [0.25, 0.3) is 5.91 Å². The Morgan fingerprint density at radius 3 is 2.84 bits per heavy atom. The number of anilines is 2. The van der Waals surface area contributed by atoms with Gasteiger partial charge >= 0.3 is 5.97 Å². The summed E-state index contributed by atoms with van der Waals surface area (Å²) in [6.07, 6.45) is 5.81. The van der Waals surface area contributed by atoms with E-state index in [1.165, 1.54) is 12.0 Å². The number of para-hydroxylation sites is 1. The van der Waals surface area contributed by atoms with E-state index in [0.29, 0.717) is 50.8 Å². The molecular weight excluding hydrogens is 482 g/mol. The second-order valence-corrected chi connectivity index (χ2v) is 10.6. The molecule has 1 amide bonds. The maximum absolute atomic E-state index is 13.1. The quantitative estimate of drug-likeness (QED) is 0.438. The molecule has 0 radical (unpaired) electrons. The van der Waals surface area contributed by atoms with Gasteiger partial charge in [-0.3, -0.25) is 4.79 Å². The highest BCUT2D eigenvalue weighted by Crippen LogP contribution is 2.25. The van der Waals surface area contributed by atoms with Crippen LogP contribution in [0.1, 0.15) is 47.3 Å². The minimum Gasteiger partial charge on any atom is -0.480 e. The number of fused-ring (bicyclic) bond motifs is 1. The standard InChI is InChI=1S/C29H39N5O4/c35-28(24-5-1-2-6-26(24)34-16-18-38-19-17-34)32-25(29(36)37)12-15-33-14-11-21(20-33)7-9-23-10-8-22-4-3-13-30-27(22)31-23/h1-2,5-6,8,10,21,25H,3-4,7,9,11-20H2,(H,30,31)(H,32,35)(H,36,37)/t21-,25?/m0/s1. The topological polar surface area (TPSA) is 107 Å². The van der Waals surface area contributed by atoms with Gasteiger partial charge in [0.2, 0.25) is 0 Å². The Kier molecular flexibility index (Phi) is 8.75. The maximum Gasteiger partial charge on any atom is 0.326 e. The molecule has 2 atom stereocenters. The molecule has 38 heavy (non-hydrogen) atoms. The highest BCUT2D eigenvalue weighted by molar-refractivity contribution is 6.01. The van der Waals surface area contributed by atoms with Crippen molar-refractivity contribution in [3.8, 4) is 0 Å². The van der Waals surface area contributed by atoms with Crippen molar-refractivity contribution in [3.63, 3.8) is 0 Å². The number of benzene rings is 1. The van der Waals surface area contributed by atoms with Gasteiger partial charge in [0.05, 0.1) is 18.8 Å². The van der Waals surface area contributed by atoms with E-state index >= 15 is 0 Å². The molecule has 3 N–H and O–H groups in total. The number of nitrogens with zero attached hydrogens (tertiary/aromatic N) is 3. The molecule has 0 spiro atoms. The average molecular weight is 522 g/mol. The van der Waals surface area contributed by atoms with E-state index in [1.807, 2.05) is 18.2 Å². The first-order valence-electron chi connectivity index (χ1n) is 14.0. The Morgan fingerprint density at radius 1 is 1.16 bits per heavy atom. The number of hydrogen-bond donors (Lipinski definition) is 3. The van der Waals surface area contributed by atoms with Gasteiger partial charge in [-0.15, -0.1) is 0 Å². The first-order chi connectivity index (χ1) is 18.6. The molecule has 0 bridgehead atoms. The van der Waals surface area contributed by atoms with Gasteiger partial charge in [-0.1, -0.05) is 18.2 Å². The zero-order chi connectivity index (χ0) is 26.3. The molecule has 1 aromatic heterocycles. The van der Waals surface area contributed by atoms with Crippen LogP contribution in [-0.4, -0.2) is 85.4 Å². The van der Waals surface area contributed by atoms with Crippen LogP contribution in [-0.2, 0) is 22.4 Å². The molecule has 2 fully saturated rings. The number of ether oxygens (including phenoxy) is 1. The van der Waals surface area contributed by atoms with E-state index in [1.54, 1.807) is 6.07 Å². The van der Waals surface area contributed by atoms with Crippen molar-refractivity contribution in [2.24, 2.45) is 5.92 Å². The summed E-state index contributed by atoms with van der Waals surface area (Å²) >= 11 is 0. The van der Waals surface area contributed by atoms with Crippen LogP contribution < -0.4 is 15.5 Å². The lowest BCUT2D eigenvalue weighted by atomic mass is 10.00. The Morgan fingerprint density at radius 2 is 2.00 bits per heavy atom. The number of carboxylic acid groups (broad SMARTS) is 1. The van der Waals surface area contributed by atoms with Gasteiger partial charge in [0.15, 0.2) is 0 Å². The van der Waals surface area contributed by atoms with Crippen molar-refractivity contribution in [1.29, 1.82) is 0 Å².